The maximum atomic E-state index is 13.2. The molecule has 2 aromatic carbocycles. The normalized spacial score (nSPS) is 17.5. The molecule has 0 saturated carbocycles. The molecule has 0 radical (unpaired) electrons. The first kappa shape index (κ1) is 23.4. The van der Waals surface area contributed by atoms with Gasteiger partial charge in [0.2, 0.25) is 17.6 Å². The van der Waals surface area contributed by atoms with Crippen LogP contribution in [0.2, 0.25) is 0 Å². The van der Waals surface area contributed by atoms with Crippen molar-refractivity contribution in [2.75, 3.05) is 51.3 Å². The number of aromatic nitrogens is 2. The molecule has 8 heteroatoms. The summed E-state index contributed by atoms with van der Waals surface area (Å²) in [7, 11) is 1.68. The van der Waals surface area contributed by atoms with Crippen LogP contribution in [0, 0.1) is 12.8 Å². The van der Waals surface area contributed by atoms with E-state index in [4.69, 9.17) is 9.26 Å². The topological polar surface area (TPSA) is 74.9 Å². The summed E-state index contributed by atoms with van der Waals surface area (Å²) in [6.07, 6.45) is 1.74. The lowest BCUT2D eigenvalue weighted by atomic mass is 9.95. The number of ether oxygens (including phenoxy) is 1. The van der Waals surface area contributed by atoms with Crippen LogP contribution in [0.25, 0.3) is 11.4 Å². The summed E-state index contributed by atoms with van der Waals surface area (Å²) in [6, 6.07) is 16.2. The maximum absolute atomic E-state index is 13.2. The van der Waals surface area contributed by atoms with Crippen molar-refractivity contribution in [3.63, 3.8) is 0 Å². The molecule has 2 aliphatic rings. The molecule has 2 saturated heterocycles. The summed E-state index contributed by atoms with van der Waals surface area (Å²) >= 11 is 0. The molecule has 5 rings (SSSR count). The molecule has 0 aliphatic carbocycles. The number of aryl methyl sites for hydroxylation is 1. The van der Waals surface area contributed by atoms with Crippen LogP contribution in [0.3, 0.4) is 0 Å². The van der Waals surface area contributed by atoms with Crippen LogP contribution in [-0.4, -0.2) is 72.2 Å². The van der Waals surface area contributed by atoms with E-state index in [-0.39, 0.29) is 5.92 Å². The molecule has 0 N–H and O–H groups in total. The molecule has 0 spiro atoms. The number of likely N-dealkylation sites (tertiary alicyclic amines) is 1. The minimum atomic E-state index is 0.101. The molecule has 0 unspecified atom stereocenters. The van der Waals surface area contributed by atoms with Crippen LogP contribution < -0.4 is 9.64 Å². The van der Waals surface area contributed by atoms with Gasteiger partial charge in [0, 0.05) is 43.3 Å². The average Bonchev–Trinajstić information content (AvgIpc) is 3.37. The van der Waals surface area contributed by atoms with Crippen molar-refractivity contribution in [1.29, 1.82) is 0 Å². The number of amides is 1. The number of rotatable bonds is 6. The van der Waals surface area contributed by atoms with Gasteiger partial charge in [0.25, 0.3) is 0 Å². The van der Waals surface area contributed by atoms with Gasteiger partial charge in [-0.1, -0.05) is 28.9 Å². The Balaban J connectivity index is 1.08. The fraction of sp³-hybridized carbons (Fsp3) is 0.444. The van der Waals surface area contributed by atoms with E-state index in [0.717, 1.165) is 63.4 Å². The number of hydrogen-bond acceptors (Lipinski definition) is 7. The summed E-state index contributed by atoms with van der Waals surface area (Å²) in [5, 5.41) is 4.15. The van der Waals surface area contributed by atoms with Crippen LogP contribution >= 0.6 is 0 Å². The molecule has 1 amide bonds. The van der Waals surface area contributed by atoms with Crippen molar-refractivity contribution in [3.05, 3.63) is 60.0 Å². The van der Waals surface area contributed by atoms with Crippen LogP contribution in [0.1, 0.15) is 24.3 Å². The summed E-state index contributed by atoms with van der Waals surface area (Å²) in [6.45, 7) is 7.67. The van der Waals surface area contributed by atoms with Gasteiger partial charge in [0.05, 0.1) is 13.7 Å². The zero-order chi connectivity index (χ0) is 24.2. The van der Waals surface area contributed by atoms with Gasteiger partial charge in [-0.05, 0) is 63.2 Å². The largest absolute Gasteiger partial charge is 0.497 e. The summed E-state index contributed by atoms with van der Waals surface area (Å²) in [5.41, 5.74) is 3.32. The van der Waals surface area contributed by atoms with E-state index >= 15 is 0 Å². The third kappa shape index (κ3) is 5.48. The average molecular weight is 476 g/mol. The highest BCUT2D eigenvalue weighted by molar-refractivity contribution is 5.79. The van der Waals surface area contributed by atoms with Crippen LogP contribution in [0.5, 0.6) is 5.75 Å². The van der Waals surface area contributed by atoms with Crippen molar-refractivity contribution in [2.45, 2.75) is 26.3 Å². The Morgan fingerprint density at radius 2 is 1.77 bits per heavy atom. The van der Waals surface area contributed by atoms with Crippen molar-refractivity contribution < 1.29 is 14.1 Å². The highest BCUT2D eigenvalue weighted by Gasteiger charge is 2.31. The van der Waals surface area contributed by atoms with E-state index in [9.17, 15) is 4.79 Å². The Bertz CT molecular complexity index is 1130. The first-order valence-corrected chi connectivity index (χ1v) is 12.4. The second kappa shape index (κ2) is 10.5. The van der Waals surface area contributed by atoms with Crippen molar-refractivity contribution in [3.8, 4) is 17.1 Å². The molecular formula is C27H33N5O3. The van der Waals surface area contributed by atoms with E-state index in [2.05, 4.69) is 51.1 Å². The van der Waals surface area contributed by atoms with E-state index < -0.39 is 0 Å². The van der Waals surface area contributed by atoms with Gasteiger partial charge >= 0.3 is 0 Å². The first-order chi connectivity index (χ1) is 17.1. The van der Waals surface area contributed by atoms with Gasteiger partial charge in [-0.3, -0.25) is 9.69 Å². The molecule has 8 nitrogen and oxygen atoms in total. The standard InChI is InChI=1S/C27H33N5O3/c1-20-4-3-5-22(18-20)26-28-25(35-29-26)19-30-12-10-21(11-13-30)27(33)32-16-14-31(15-17-32)23-6-8-24(34-2)9-7-23/h3-9,18,21H,10-17,19H2,1-2H3. The number of piperazine rings is 1. The van der Waals surface area contributed by atoms with Gasteiger partial charge in [0.1, 0.15) is 5.75 Å². The summed E-state index contributed by atoms with van der Waals surface area (Å²) < 4.78 is 10.8. The number of hydrogen-bond donors (Lipinski definition) is 0. The number of benzene rings is 2. The highest BCUT2D eigenvalue weighted by atomic mass is 16.5. The number of nitrogens with zero attached hydrogens (tertiary/aromatic N) is 5. The number of anilines is 1. The smallest absolute Gasteiger partial charge is 0.241 e. The Kier molecular flexibility index (Phi) is 6.99. The molecule has 35 heavy (non-hydrogen) atoms. The molecule has 3 heterocycles. The zero-order valence-electron chi connectivity index (χ0n) is 20.5. The third-order valence-electron chi connectivity index (χ3n) is 7.07. The van der Waals surface area contributed by atoms with Crippen LogP contribution in [0.15, 0.2) is 53.1 Å². The molecule has 2 aliphatic heterocycles. The van der Waals surface area contributed by atoms with E-state index in [1.165, 1.54) is 11.3 Å². The van der Waals surface area contributed by atoms with E-state index in [1.807, 2.05) is 29.2 Å². The fourth-order valence-corrected chi connectivity index (χ4v) is 4.99. The predicted octanol–water partition coefficient (Wildman–Crippen LogP) is 3.61. The Morgan fingerprint density at radius 1 is 1.03 bits per heavy atom. The van der Waals surface area contributed by atoms with E-state index in [0.29, 0.717) is 24.2 Å². The third-order valence-corrected chi connectivity index (χ3v) is 7.07. The number of carbonyl (C=O) groups is 1. The minimum Gasteiger partial charge on any atom is -0.497 e. The van der Waals surface area contributed by atoms with Crippen LogP contribution in [0.4, 0.5) is 5.69 Å². The second-order valence-corrected chi connectivity index (χ2v) is 9.44. The molecule has 3 aromatic rings. The Hall–Kier alpha value is -3.39. The Labute approximate surface area is 206 Å². The maximum Gasteiger partial charge on any atom is 0.241 e. The van der Waals surface area contributed by atoms with Gasteiger partial charge in [0.15, 0.2) is 0 Å². The second-order valence-electron chi connectivity index (χ2n) is 9.44. The number of carbonyl (C=O) groups excluding carboxylic acids is 1. The van der Waals surface area contributed by atoms with Crippen LogP contribution in [-0.2, 0) is 11.3 Å². The van der Waals surface area contributed by atoms with Gasteiger partial charge in [-0.25, -0.2) is 0 Å². The van der Waals surface area contributed by atoms with E-state index in [1.54, 1.807) is 7.11 Å². The monoisotopic (exact) mass is 475 g/mol. The molecule has 2 fully saturated rings. The van der Waals surface area contributed by atoms with Gasteiger partial charge in [-0.15, -0.1) is 0 Å². The zero-order valence-corrected chi connectivity index (χ0v) is 20.5. The number of piperidine rings is 1. The lowest BCUT2D eigenvalue weighted by molar-refractivity contribution is -0.137. The molecule has 184 valence electrons. The lowest BCUT2D eigenvalue weighted by Crippen LogP contribution is -2.51. The van der Waals surface area contributed by atoms with Gasteiger partial charge < -0.3 is 19.1 Å². The molecule has 0 bridgehead atoms. The van der Waals surface area contributed by atoms with Crippen molar-refractivity contribution in [2.24, 2.45) is 5.92 Å². The summed E-state index contributed by atoms with van der Waals surface area (Å²) in [5.74, 6) is 2.52. The first-order valence-electron chi connectivity index (χ1n) is 12.4. The quantitative estimate of drug-likeness (QED) is 0.539. The van der Waals surface area contributed by atoms with Crippen molar-refractivity contribution in [1.82, 2.24) is 19.9 Å². The fourth-order valence-electron chi connectivity index (χ4n) is 4.99. The Morgan fingerprint density at radius 3 is 2.46 bits per heavy atom. The highest BCUT2D eigenvalue weighted by Crippen LogP contribution is 2.25. The predicted molar refractivity (Wildman–Crippen MR) is 134 cm³/mol. The minimum absolute atomic E-state index is 0.101. The lowest BCUT2D eigenvalue weighted by Gasteiger charge is -2.39. The van der Waals surface area contributed by atoms with Gasteiger partial charge in [-0.2, -0.15) is 4.98 Å². The SMILES string of the molecule is COc1ccc(N2CCN(C(=O)C3CCN(Cc4nc(-c5cccc(C)c5)no4)CC3)CC2)cc1. The summed E-state index contributed by atoms with van der Waals surface area (Å²) in [4.78, 5) is 24.4. The number of methoxy groups -OCH3 is 1. The van der Waals surface area contributed by atoms with Crippen molar-refractivity contribution >= 4 is 11.6 Å². The molecular weight excluding hydrogens is 442 g/mol. The molecule has 0 atom stereocenters. The molecule has 1 aromatic heterocycles.